The summed E-state index contributed by atoms with van der Waals surface area (Å²) < 4.78 is 0. The maximum atomic E-state index is 8.88. The molecule has 2 heterocycles. The second kappa shape index (κ2) is 7.60. The predicted octanol–water partition coefficient (Wildman–Crippen LogP) is 3.03. The SMILES string of the molecule is N#CC1CCN(CCNc2cc(Cl)nc(Cl)c2C=N)CC1. The average molecular weight is 326 g/mol. The van der Waals surface area contributed by atoms with Crippen molar-refractivity contribution < 1.29 is 0 Å². The van der Waals surface area contributed by atoms with E-state index in [-0.39, 0.29) is 11.1 Å². The van der Waals surface area contributed by atoms with Gasteiger partial charge in [-0.25, -0.2) is 4.98 Å². The number of hydrogen-bond acceptors (Lipinski definition) is 5. The summed E-state index contributed by atoms with van der Waals surface area (Å²) in [6.45, 7) is 3.52. The van der Waals surface area contributed by atoms with Gasteiger partial charge in [-0.15, -0.1) is 0 Å². The fraction of sp³-hybridized carbons (Fsp3) is 0.500. The van der Waals surface area contributed by atoms with E-state index in [1.807, 2.05) is 0 Å². The van der Waals surface area contributed by atoms with Crippen molar-refractivity contribution in [2.75, 3.05) is 31.5 Å². The molecule has 7 heteroatoms. The first-order chi connectivity index (χ1) is 10.1. The molecule has 0 unspecified atom stereocenters. The van der Waals surface area contributed by atoms with Crippen molar-refractivity contribution in [1.82, 2.24) is 9.88 Å². The molecule has 112 valence electrons. The lowest BCUT2D eigenvalue weighted by molar-refractivity contribution is 0.213. The van der Waals surface area contributed by atoms with Crippen molar-refractivity contribution in [2.45, 2.75) is 12.8 Å². The number of anilines is 1. The molecule has 5 nitrogen and oxygen atoms in total. The zero-order chi connectivity index (χ0) is 15.2. The highest BCUT2D eigenvalue weighted by Crippen LogP contribution is 2.24. The van der Waals surface area contributed by atoms with E-state index in [1.165, 1.54) is 6.21 Å². The van der Waals surface area contributed by atoms with Gasteiger partial charge in [-0.3, -0.25) is 0 Å². The van der Waals surface area contributed by atoms with Gasteiger partial charge in [0.1, 0.15) is 10.3 Å². The van der Waals surface area contributed by atoms with Crippen LogP contribution in [0.2, 0.25) is 10.3 Å². The molecule has 1 saturated heterocycles. The molecule has 2 N–H and O–H groups in total. The van der Waals surface area contributed by atoms with E-state index in [0.29, 0.717) is 10.7 Å². The van der Waals surface area contributed by atoms with Gasteiger partial charge in [-0.1, -0.05) is 23.2 Å². The van der Waals surface area contributed by atoms with Gasteiger partial charge in [0.05, 0.1) is 11.6 Å². The van der Waals surface area contributed by atoms with Gasteiger partial charge >= 0.3 is 0 Å². The van der Waals surface area contributed by atoms with Crippen molar-refractivity contribution in [1.29, 1.82) is 10.7 Å². The summed E-state index contributed by atoms with van der Waals surface area (Å²) >= 11 is 11.9. The molecule has 0 aliphatic carbocycles. The number of nitriles is 1. The Morgan fingerprint density at radius 3 is 2.81 bits per heavy atom. The van der Waals surface area contributed by atoms with E-state index in [0.717, 1.165) is 44.7 Å². The summed E-state index contributed by atoms with van der Waals surface area (Å²) in [5.41, 5.74) is 1.27. The van der Waals surface area contributed by atoms with Crippen LogP contribution in [0.15, 0.2) is 6.07 Å². The molecule has 1 aromatic rings. The third-order valence-electron chi connectivity index (χ3n) is 3.64. The number of nitrogens with one attached hydrogen (secondary N) is 2. The van der Waals surface area contributed by atoms with E-state index in [2.05, 4.69) is 21.3 Å². The molecule has 0 bridgehead atoms. The molecular weight excluding hydrogens is 309 g/mol. The van der Waals surface area contributed by atoms with E-state index >= 15 is 0 Å². The summed E-state index contributed by atoms with van der Waals surface area (Å²) in [4.78, 5) is 6.25. The largest absolute Gasteiger partial charge is 0.383 e. The van der Waals surface area contributed by atoms with Crippen LogP contribution in [0.1, 0.15) is 18.4 Å². The topological polar surface area (TPSA) is 75.8 Å². The van der Waals surface area contributed by atoms with E-state index < -0.39 is 0 Å². The molecule has 1 aliphatic heterocycles. The highest BCUT2D eigenvalue weighted by atomic mass is 35.5. The first-order valence-electron chi connectivity index (χ1n) is 6.86. The first kappa shape index (κ1) is 16.0. The van der Waals surface area contributed by atoms with Crippen LogP contribution in [-0.4, -0.2) is 42.3 Å². The number of likely N-dealkylation sites (tertiary alicyclic amines) is 1. The molecule has 1 fully saturated rings. The first-order valence-corrected chi connectivity index (χ1v) is 7.62. The van der Waals surface area contributed by atoms with Gasteiger partial charge in [-0.05, 0) is 32.0 Å². The molecule has 0 amide bonds. The molecule has 0 saturated carbocycles. The number of aromatic nitrogens is 1. The number of piperidine rings is 1. The van der Waals surface area contributed by atoms with E-state index in [4.69, 9.17) is 33.9 Å². The minimum absolute atomic E-state index is 0.205. The monoisotopic (exact) mass is 325 g/mol. The number of pyridine rings is 1. The maximum absolute atomic E-state index is 8.88. The van der Waals surface area contributed by atoms with Crippen molar-refractivity contribution >= 4 is 35.1 Å². The Balaban J connectivity index is 1.87. The fourth-order valence-electron chi connectivity index (χ4n) is 2.41. The quantitative estimate of drug-likeness (QED) is 0.644. The Bertz CT molecular complexity index is 547. The van der Waals surface area contributed by atoms with Crippen LogP contribution in [0.25, 0.3) is 0 Å². The van der Waals surface area contributed by atoms with Crippen LogP contribution >= 0.6 is 23.2 Å². The summed E-state index contributed by atoms with van der Waals surface area (Å²) in [6, 6.07) is 4.01. The lowest BCUT2D eigenvalue weighted by atomic mass is 9.99. The van der Waals surface area contributed by atoms with Crippen molar-refractivity contribution in [2.24, 2.45) is 5.92 Å². The van der Waals surface area contributed by atoms with Gasteiger partial charge in [-0.2, -0.15) is 5.26 Å². The highest BCUT2D eigenvalue weighted by molar-refractivity contribution is 6.34. The van der Waals surface area contributed by atoms with Crippen LogP contribution in [0, 0.1) is 22.7 Å². The van der Waals surface area contributed by atoms with Gasteiger partial charge in [0, 0.05) is 30.9 Å². The van der Waals surface area contributed by atoms with Gasteiger partial charge in [0.2, 0.25) is 0 Å². The standard InChI is InChI=1S/C14H17Cl2N5/c15-13-7-12(11(9-18)14(16)20-13)19-3-6-21-4-1-10(8-17)2-5-21/h7,9-10,18H,1-6H2,(H,19,20). The molecular formula is C14H17Cl2N5. The number of rotatable bonds is 5. The Morgan fingerprint density at radius 2 is 2.19 bits per heavy atom. The van der Waals surface area contributed by atoms with Crippen LogP contribution in [-0.2, 0) is 0 Å². The maximum Gasteiger partial charge on any atom is 0.141 e. The van der Waals surface area contributed by atoms with Crippen LogP contribution in [0.5, 0.6) is 0 Å². The normalized spacial score (nSPS) is 16.4. The molecule has 2 rings (SSSR count). The fourth-order valence-corrected chi connectivity index (χ4v) is 2.90. The molecule has 0 radical (unpaired) electrons. The molecule has 1 aliphatic rings. The lowest BCUT2D eigenvalue weighted by Crippen LogP contribution is -2.36. The number of halogens is 2. The van der Waals surface area contributed by atoms with Gasteiger partial charge < -0.3 is 15.6 Å². The molecule has 1 aromatic heterocycles. The second-order valence-corrected chi connectivity index (χ2v) is 5.76. The third kappa shape index (κ3) is 4.31. The minimum atomic E-state index is 0.205. The number of nitrogens with zero attached hydrogens (tertiary/aromatic N) is 3. The number of hydrogen-bond donors (Lipinski definition) is 2. The second-order valence-electron chi connectivity index (χ2n) is 5.01. The highest BCUT2D eigenvalue weighted by Gasteiger charge is 2.18. The Hall–Kier alpha value is -1.35. The summed E-state index contributed by atoms with van der Waals surface area (Å²) in [7, 11) is 0. The third-order valence-corrected chi connectivity index (χ3v) is 4.12. The summed E-state index contributed by atoms with van der Waals surface area (Å²) in [5, 5.41) is 20.1. The van der Waals surface area contributed by atoms with Gasteiger partial charge in [0.15, 0.2) is 0 Å². The average Bonchev–Trinajstić information content (AvgIpc) is 2.47. The molecule has 0 spiro atoms. The summed E-state index contributed by atoms with van der Waals surface area (Å²) in [5.74, 6) is 0.205. The van der Waals surface area contributed by atoms with E-state index in [9.17, 15) is 0 Å². The Labute approximate surface area is 134 Å². The van der Waals surface area contributed by atoms with Crippen LogP contribution in [0.3, 0.4) is 0 Å². The molecule has 0 atom stereocenters. The lowest BCUT2D eigenvalue weighted by Gasteiger charge is -2.29. The van der Waals surface area contributed by atoms with E-state index in [1.54, 1.807) is 6.07 Å². The molecule has 21 heavy (non-hydrogen) atoms. The van der Waals surface area contributed by atoms with Crippen molar-refractivity contribution in [3.63, 3.8) is 0 Å². The van der Waals surface area contributed by atoms with Crippen molar-refractivity contribution in [3.8, 4) is 6.07 Å². The summed E-state index contributed by atoms with van der Waals surface area (Å²) in [6.07, 6.45) is 3.05. The zero-order valence-electron chi connectivity index (χ0n) is 11.6. The van der Waals surface area contributed by atoms with Crippen LogP contribution < -0.4 is 5.32 Å². The zero-order valence-corrected chi connectivity index (χ0v) is 13.1. The Kier molecular flexibility index (Phi) is 5.80. The van der Waals surface area contributed by atoms with Crippen molar-refractivity contribution in [3.05, 3.63) is 21.9 Å². The smallest absolute Gasteiger partial charge is 0.141 e. The molecule has 0 aromatic carbocycles. The minimum Gasteiger partial charge on any atom is -0.383 e. The van der Waals surface area contributed by atoms with Gasteiger partial charge in [0.25, 0.3) is 0 Å². The van der Waals surface area contributed by atoms with Crippen LogP contribution in [0.4, 0.5) is 5.69 Å². The Morgan fingerprint density at radius 1 is 1.48 bits per heavy atom. The predicted molar refractivity (Wildman–Crippen MR) is 85.4 cm³/mol.